The highest BCUT2D eigenvalue weighted by Crippen LogP contribution is 2.21. The van der Waals surface area contributed by atoms with Gasteiger partial charge in [0.15, 0.2) is 0 Å². The van der Waals surface area contributed by atoms with Gasteiger partial charge in [0, 0.05) is 12.5 Å². The highest BCUT2D eigenvalue weighted by molar-refractivity contribution is 7.88. The molecule has 1 amide bonds. The SMILES string of the molecule is CCC[C@H](C)NC(=O)C[C@@H](NS(C)(=O)=O)c1ccc(OC)cc1. The van der Waals surface area contributed by atoms with Gasteiger partial charge in [-0.25, -0.2) is 13.1 Å². The van der Waals surface area contributed by atoms with E-state index in [4.69, 9.17) is 4.74 Å². The number of hydrogen-bond donors (Lipinski definition) is 2. The second-order valence-corrected chi connectivity index (χ2v) is 7.46. The van der Waals surface area contributed by atoms with Gasteiger partial charge in [-0.1, -0.05) is 25.5 Å². The molecule has 0 fully saturated rings. The highest BCUT2D eigenvalue weighted by atomic mass is 32.2. The number of amides is 1. The minimum absolute atomic E-state index is 0.0491. The summed E-state index contributed by atoms with van der Waals surface area (Å²) in [5.41, 5.74) is 0.717. The highest BCUT2D eigenvalue weighted by Gasteiger charge is 2.20. The molecule has 0 saturated carbocycles. The van der Waals surface area contributed by atoms with Gasteiger partial charge in [-0.3, -0.25) is 4.79 Å². The van der Waals surface area contributed by atoms with Crippen molar-refractivity contribution in [2.45, 2.75) is 45.2 Å². The summed E-state index contributed by atoms with van der Waals surface area (Å²) in [5.74, 6) is 0.496. The standard InChI is InChI=1S/C16H26N2O4S/c1-5-6-12(2)17-16(19)11-15(18-23(4,20)21)13-7-9-14(22-3)10-8-13/h7-10,12,15,18H,5-6,11H2,1-4H3,(H,17,19)/t12-,15+/m0/s1. The molecule has 0 aliphatic heterocycles. The molecule has 6 nitrogen and oxygen atoms in total. The lowest BCUT2D eigenvalue weighted by Gasteiger charge is -2.20. The Morgan fingerprint density at radius 1 is 1.26 bits per heavy atom. The Hall–Kier alpha value is -1.60. The van der Waals surface area contributed by atoms with Gasteiger partial charge in [-0.2, -0.15) is 0 Å². The monoisotopic (exact) mass is 342 g/mol. The normalized spacial score (nSPS) is 14.1. The van der Waals surface area contributed by atoms with Crippen LogP contribution in [0.5, 0.6) is 5.75 Å². The van der Waals surface area contributed by atoms with Crippen LogP contribution in [0.15, 0.2) is 24.3 Å². The van der Waals surface area contributed by atoms with Gasteiger partial charge >= 0.3 is 0 Å². The number of ether oxygens (including phenoxy) is 1. The van der Waals surface area contributed by atoms with Crippen LogP contribution in [0.25, 0.3) is 0 Å². The Kier molecular flexibility index (Phi) is 7.51. The van der Waals surface area contributed by atoms with Crippen LogP contribution in [0, 0.1) is 0 Å². The molecule has 1 aromatic rings. The van der Waals surface area contributed by atoms with Crippen LogP contribution in [-0.2, 0) is 14.8 Å². The second kappa shape index (κ2) is 8.88. The Labute approximate surface area is 138 Å². The third-order valence-electron chi connectivity index (χ3n) is 3.39. The van der Waals surface area contributed by atoms with Crippen LogP contribution in [-0.4, -0.2) is 33.7 Å². The van der Waals surface area contributed by atoms with Crippen LogP contribution in [0.4, 0.5) is 0 Å². The van der Waals surface area contributed by atoms with Crippen molar-refractivity contribution in [1.82, 2.24) is 10.0 Å². The third-order valence-corrected chi connectivity index (χ3v) is 4.11. The number of nitrogens with one attached hydrogen (secondary N) is 2. The minimum Gasteiger partial charge on any atom is -0.497 e. The van der Waals surface area contributed by atoms with Gasteiger partial charge in [0.25, 0.3) is 0 Å². The summed E-state index contributed by atoms with van der Waals surface area (Å²) in [4.78, 5) is 12.2. The minimum atomic E-state index is -3.43. The maximum Gasteiger partial charge on any atom is 0.222 e. The van der Waals surface area contributed by atoms with Gasteiger partial charge in [-0.15, -0.1) is 0 Å². The predicted molar refractivity (Wildman–Crippen MR) is 90.8 cm³/mol. The van der Waals surface area contributed by atoms with Gasteiger partial charge in [0.2, 0.25) is 15.9 Å². The molecule has 1 rings (SSSR count). The van der Waals surface area contributed by atoms with Crippen molar-refractivity contribution in [3.8, 4) is 5.75 Å². The Morgan fingerprint density at radius 2 is 1.87 bits per heavy atom. The molecule has 0 saturated heterocycles. The molecule has 0 aliphatic rings. The summed E-state index contributed by atoms with van der Waals surface area (Å²) in [6, 6.07) is 6.45. The van der Waals surface area contributed by atoms with Crippen LogP contribution in [0.1, 0.15) is 44.7 Å². The van der Waals surface area contributed by atoms with E-state index < -0.39 is 16.1 Å². The van der Waals surface area contributed by atoms with E-state index in [1.807, 2.05) is 13.8 Å². The smallest absolute Gasteiger partial charge is 0.222 e. The van der Waals surface area contributed by atoms with E-state index in [0.29, 0.717) is 5.75 Å². The van der Waals surface area contributed by atoms with Gasteiger partial charge in [-0.05, 0) is 31.0 Å². The fourth-order valence-electron chi connectivity index (χ4n) is 2.35. The first-order valence-corrected chi connectivity index (χ1v) is 9.55. The summed E-state index contributed by atoms with van der Waals surface area (Å²) in [6.07, 6.45) is 3.00. The van der Waals surface area contributed by atoms with Crippen molar-refractivity contribution >= 4 is 15.9 Å². The molecule has 0 radical (unpaired) electrons. The van der Waals surface area contributed by atoms with E-state index >= 15 is 0 Å². The maximum atomic E-state index is 12.2. The van der Waals surface area contributed by atoms with Crippen molar-refractivity contribution in [2.75, 3.05) is 13.4 Å². The van der Waals surface area contributed by atoms with Crippen molar-refractivity contribution in [1.29, 1.82) is 0 Å². The first-order chi connectivity index (χ1) is 10.7. The average Bonchev–Trinajstić information content (AvgIpc) is 2.45. The van der Waals surface area contributed by atoms with Crippen LogP contribution in [0.2, 0.25) is 0 Å². The molecule has 0 bridgehead atoms. The molecule has 7 heteroatoms. The van der Waals surface area contributed by atoms with Crippen LogP contribution < -0.4 is 14.8 Å². The molecule has 23 heavy (non-hydrogen) atoms. The molecule has 1 aromatic carbocycles. The third kappa shape index (κ3) is 7.47. The summed E-state index contributed by atoms with van der Waals surface area (Å²) in [5, 5.41) is 2.89. The summed E-state index contributed by atoms with van der Waals surface area (Å²) < 4.78 is 30.8. The first-order valence-electron chi connectivity index (χ1n) is 7.65. The fraction of sp³-hybridized carbons (Fsp3) is 0.562. The molecule has 0 heterocycles. The molecule has 0 spiro atoms. The fourth-order valence-corrected chi connectivity index (χ4v) is 3.08. The van der Waals surface area contributed by atoms with E-state index in [0.717, 1.165) is 24.7 Å². The lowest BCUT2D eigenvalue weighted by Crippen LogP contribution is -2.36. The number of hydrogen-bond acceptors (Lipinski definition) is 4. The van der Waals surface area contributed by atoms with E-state index in [1.165, 1.54) is 0 Å². The van der Waals surface area contributed by atoms with Crippen molar-refractivity contribution < 1.29 is 17.9 Å². The molecule has 0 aromatic heterocycles. The number of carbonyl (C=O) groups is 1. The number of methoxy groups -OCH3 is 1. The largest absolute Gasteiger partial charge is 0.497 e. The molecule has 0 aliphatic carbocycles. The van der Waals surface area contributed by atoms with Crippen LogP contribution in [0.3, 0.4) is 0 Å². The second-order valence-electron chi connectivity index (χ2n) is 5.68. The zero-order valence-electron chi connectivity index (χ0n) is 14.1. The molecular weight excluding hydrogens is 316 g/mol. The number of benzene rings is 1. The zero-order chi connectivity index (χ0) is 17.5. The Bertz CT molecular complexity index is 599. The average molecular weight is 342 g/mol. The number of carbonyl (C=O) groups excluding carboxylic acids is 1. The molecule has 130 valence electrons. The van der Waals surface area contributed by atoms with E-state index in [-0.39, 0.29) is 18.4 Å². The Morgan fingerprint density at radius 3 is 2.35 bits per heavy atom. The predicted octanol–water partition coefficient (Wildman–Crippen LogP) is 1.98. The van der Waals surface area contributed by atoms with E-state index in [9.17, 15) is 13.2 Å². The molecular formula is C16H26N2O4S. The Balaban J connectivity index is 2.85. The maximum absolute atomic E-state index is 12.2. The first kappa shape index (κ1) is 19.4. The van der Waals surface area contributed by atoms with E-state index in [2.05, 4.69) is 10.0 Å². The quantitative estimate of drug-likeness (QED) is 0.719. The van der Waals surface area contributed by atoms with Gasteiger partial charge < -0.3 is 10.1 Å². The summed E-state index contributed by atoms with van der Waals surface area (Å²) in [6.45, 7) is 3.99. The molecule has 2 N–H and O–H groups in total. The molecule has 2 atom stereocenters. The number of rotatable bonds is 9. The van der Waals surface area contributed by atoms with Crippen molar-refractivity contribution in [3.63, 3.8) is 0 Å². The van der Waals surface area contributed by atoms with Gasteiger partial charge in [0.05, 0.1) is 19.4 Å². The topological polar surface area (TPSA) is 84.5 Å². The summed E-state index contributed by atoms with van der Waals surface area (Å²) >= 11 is 0. The van der Waals surface area contributed by atoms with Crippen LogP contribution >= 0.6 is 0 Å². The van der Waals surface area contributed by atoms with E-state index in [1.54, 1.807) is 31.4 Å². The van der Waals surface area contributed by atoms with Gasteiger partial charge in [0.1, 0.15) is 5.75 Å². The molecule has 0 unspecified atom stereocenters. The summed E-state index contributed by atoms with van der Waals surface area (Å²) in [7, 11) is -1.87. The lowest BCUT2D eigenvalue weighted by atomic mass is 10.0. The number of sulfonamides is 1. The van der Waals surface area contributed by atoms with Crippen molar-refractivity contribution in [3.05, 3.63) is 29.8 Å². The zero-order valence-corrected chi connectivity index (χ0v) is 14.9. The van der Waals surface area contributed by atoms with Crippen molar-refractivity contribution in [2.24, 2.45) is 0 Å². The lowest BCUT2D eigenvalue weighted by molar-refractivity contribution is -0.122.